The molecule has 1 saturated carbocycles. The lowest BCUT2D eigenvalue weighted by Crippen LogP contribution is -2.43. The molecule has 0 N–H and O–H groups in total. The van der Waals surface area contributed by atoms with Gasteiger partial charge in [0.2, 0.25) is 5.91 Å². The molecule has 0 aromatic carbocycles. The van der Waals surface area contributed by atoms with Gasteiger partial charge in [0.1, 0.15) is 0 Å². The van der Waals surface area contributed by atoms with Crippen molar-refractivity contribution in [3.8, 4) is 0 Å². The smallest absolute Gasteiger partial charge is 0.320 e. The van der Waals surface area contributed by atoms with E-state index in [1.165, 1.54) is 0 Å². The number of nitrogens with zero attached hydrogens (tertiary/aromatic N) is 2. The second-order valence-corrected chi connectivity index (χ2v) is 4.52. The van der Waals surface area contributed by atoms with Crippen LogP contribution >= 0.6 is 0 Å². The van der Waals surface area contributed by atoms with Crippen molar-refractivity contribution >= 4 is 11.9 Å². The van der Waals surface area contributed by atoms with Crippen LogP contribution in [0.15, 0.2) is 0 Å². The summed E-state index contributed by atoms with van der Waals surface area (Å²) in [5.74, 6) is -0.146. The minimum Gasteiger partial charge on any atom is -0.465 e. The molecule has 0 aromatic heterocycles. The third kappa shape index (κ3) is 4.64. The van der Waals surface area contributed by atoms with Crippen molar-refractivity contribution in [2.75, 3.05) is 32.8 Å². The van der Waals surface area contributed by atoms with Crippen molar-refractivity contribution < 1.29 is 14.3 Å². The van der Waals surface area contributed by atoms with E-state index < -0.39 is 0 Å². The zero-order chi connectivity index (χ0) is 13.5. The Morgan fingerprint density at radius 3 is 2.22 bits per heavy atom. The van der Waals surface area contributed by atoms with E-state index in [0.717, 1.165) is 19.4 Å². The molecule has 1 aliphatic rings. The average Bonchev–Trinajstić information content (AvgIpc) is 3.14. The van der Waals surface area contributed by atoms with Gasteiger partial charge in [-0.3, -0.25) is 14.5 Å². The Kier molecular flexibility index (Phi) is 6.12. The van der Waals surface area contributed by atoms with Crippen LogP contribution in [0.25, 0.3) is 0 Å². The van der Waals surface area contributed by atoms with E-state index in [1.807, 2.05) is 23.6 Å². The first kappa shape index (κ1) is 15.0. The maximum atomic E-state index is 12.1. The average molecular weight is 256 g/mol. The van der Waals surface area contributed by atoms with Crippen molar-refractivity contribution in [2.45, 2.75) is 39.7 Å². The number of amides is 1. The SMILES string of the molecule is CCOC(=O)CN(CC)CC(=O)N(CC)C1CC1. The maximum Gasteiger partial charge on any atom is 0.320 e. The number of carbonyl (C=O) groups is 2. The van der Waals surface area contributed by atoms with Crippen molar-refractivity contribution in [1.29, 1.82) is 0 Å². The fourth-order valence-corrected chi connectivity index (χ4v) is 1.98. The van der Waals surface area contributed by atoms with E-state index in [0.29, 0.717) is 25.7 Å². The van der Waals surface area contributed by atoms with E-state index >= 15 is 0 Å². The standard InChI is InChI=1S/C13H24N2O3/c1-4-14(10-13(17)18-6-3)9-12(16)15(5-2)11-7-8-11/h11H,4-10H2,1-3H3. The summed E-state index contributed by atoms with van der Waals surface area (Å²) in [6.45, 7) is 8.03. The molecule has 104 valence electrons. The first-order chi connectivity index (χ1) is 8.62. The minimum atomic E-state index is -0.262. The summed E-state index contributed by atoms with van der Waals surface area (Å²) in [6.07, 6.45) is 2.23. The third-order valence-corrected chi connectivity index (χ3v) is 3.11. The van der Waals surface area contributed by atoms with Gasteiger partial charge in [0, 0.05) is 12.6 Å². The van der Waals surface area contributed by atoms with Gasteiger partial charge >= 0.3 is 5.97 Å². The molecule has 0 bridgehead atoms. The molecule has 0 heterocycles. The number of rotatable bonds is 8. The zero-order valence-corrected chi connectivity index (χ0v) is 11.6. The molecule has 0 spiro atoms. The molecule has 5 nitrogen and oxygen atoms in total. The first-order valence-corrected chi connectivity index (χ1v) is 6.79. The van der Waals surface area contributed by atoms with Crippen LogP contribution in [0.2, 0.25) is 0 Å². The normalized spacial score (nSPS) is 14.7. The molecule has 1 fully saturated rings. The molecule has 1 rings (SSSR count). The Bertz CT molecular complexity index is 290. The van der Waals surface area contributed by atoms with Gasteiger partial charge in [-0.1, -0.05) is 6.92 Å². The Labute approximate surface area is 109 Å². The Morgan fingerprint density at radius 1 is 1.11 bits per heavy atom. The zero-order valence-electron chi connectivity index (χ0n) is 11.6. The van der Waals surface area contributed by atoms with Gasteiger partial charge in [-0.05, 0) is 33.2 Å². The highest BCUT2D eigenvalue weighted by Crippen LogP contribution is 2.26. The summed E-state index contributed by atoms with van der Waals surface area (Å²) in [5.41, 5.74) is 0. The van der Waals surface area contributed by atoms with Crippen molar-refractivity contribution in [2.24, 2.45) is 0 Å². The summed E-state index contributed by atoms with van der Waals surface area (Å²) in [5, 5.41) is 0. The molecule has 5 heteroatoms. The summed E-state index contributed by atoms with van der Waals surface area (Å²) in [4.78, 5) is 27.2. The molecule has 1 aliphatic carbocycles. The van der Waals surface area contributed by atoms with Gasteiger partial charge in [-0.15, -0.1) is 0 Å². The molecule has 0 radical (unpaired) electrons. The lowest BCUT2D eigenvalue weighted by molar-refractivity contribution is -0.145. The lowest BCUT2D eigenvalue weighted by Gasteiger charge is -2.25. The molecule has 0 saturated heterocycles. The number of esters is 1. The Hall–Kier alpha value is -1.10. The number of carbonyl (C=O) groups excluding carboxylic acids is 2. The van der Waals surface area contributed by atoms with Crippen molar-refractivity contribution in [3.05, 3.63) is 0 Å². The molecule has 0 unspecified atom stereocenters. The highest BCUT2D eigenvalue weighted by Gasteiger charge is 2.31. The highest BCUT2D eigenvalue weighted by atomic mass is 16.5. The topological polar surface area (TPSA) is 49.9 Å². The second kappa shape index (κ2) is 7.36. The van der Waals surface area contributed by atoms with Gasteiger partial charge in [-0.2, -0.15) is 0 Å². The Morgan fingerprint density at radius 2 is 1.78 bits per heavy atom. The summed E-state index contributed by atoms with van der Waals surface area (Å²) in [6, 6.07) is 0.434. The fraction of sp³-hybridized carbons (Fsp3) is 0.846. The van der Waals surface area contributed by atoms with Crippen LogP contribution in [0.1, 0.15) is 33.6 Å². The number of likely N-dealkylation sites (N-methyl/N-ethyl adjacent to an activating group) is 2. The van der Waals surface area contributed by atoms with E-state index in [4.69, 9.17) is 4.74 Å². The Balaban J connectivity index is 2.41. The van der Waals surface area contributed by atoms with Gasteiger partial charge in [0.25, 0.3) is 0 Å². The van der Waals surface area contributed by atoms with E-state index in [9.17, 15) is 9.59 Å². The molecule has 0 aliphatic heterocycles. The monoisotopic (exact) mass is 256 g/mol. The van der Waals surface area contributed by atoms with Crippen LogP contribution in [0.4, 0.5) is 0 Å². The van der Waals surface area contributed by atoms with Gasteiger partial charge in [-0.25, -0.2) is 0 Å². The molecular weight excluding hydrogens is 232 g/mol. The quantitative estimate of drug-likeness (QED) is 0.605. The summed E-state index contributed by atoms with van der Waals surface area (Å²) in [7, 11) is 0. The van der Waals surface area contributed by atoms with Crippen molar-refractivity contribution in [1.82, 2.24) is 9.80 Å². The van der Waals surface area contributed by atoms with Gasteiger partial charge in [0.05, 0.1) is 19.7 Å². The van der Waals surface area contributed by atoms with Crippen LogP contribution in [0, 0.1) is 0 Å². The maximum absolute atomic E-state index is 12.1. The molecule has 0 atom stereocenters. The van der Waals surface area contributed by atoms with E-state index in [-0.39, 0.29) is 18.4 Å². The predicted molar refractivity (Wildman–Crippen MR) is 69.2 cm³/mol. The third-order valence-electron chi connectivity index (χ3n) is 3.11. The molecule has 1 amide bonds. The lowest BCUT2D eigenvalue weighted by atomic mass is 10.4. The summed E-state index contributed by atoms with van der Waals surface area (Å²) >= 11 is 0. The highest BCUT2D eigenvalue weighted by molar-refractivity contribution is 5.80. The van der Waals surface area contributed by atoms with Crippen LogP contribution in [0.3, 0.4) is 0 Å². The fourth-order valence-electron chi connectivity index (χ4n) is 1.98. The number of ether oxygens (including phenoxy) is 1. The van der Waals surface area contributed by atoms with Gasteiger partial charge in [0.15, 0.2) is 0 Å². The van der Waals surface area contributed by atoms with Crippen molar-refractivity contribution in [3.63, 3.8) is 0 Å². The largest absolute Gasteiger partial charge is 0.465 e. The second-order valence-electron chi connectivity index (χ2n) is 4.52. The number of hydrogen-bond donors (Lipinski definition) is 0. The first-order valence-electron chi connectivity index (χ1n) is 6.79. The number of hydrogen-bond acceptors (Lipinski definition) is 4. The van der Waals surface area contributed by atoms with Crippen LogP contribution < -0.4 is 0 Å². The van der Waals surface area contributed by atoms with E-state index in [1.54, 1.807) is 6.92 Å². The van der Waals surface area contributed by atoms with Crippen LogP contribution in [-0.4, -0.2) is 60.5 Å². The summed E-state index contributed by atoms with van der Waals surface area (Å²) < 4.78 is 4.90. The van der Waals surface area contributed by atoms with Crippen LogP contribution in [0.5, 0.6) is 0 Å². The molecular formula is C13H24N2O3. The van der Waals surface area contributed by atoms with E-state index in [2.05, 4.69) is 0 Å². The van der Waals surface area contributed by atoms with Crippen LogP contribution in [-0.2, 0) is 14.3 Å². The molecule has 0 aromatic rings. The molecule has 18 heavy (non-hydrogen) atoms. The van der Waals surface area contributed by atoms with Gasteiger partial charge < -0.3 is 9.64 Å². The minimum absolute atomic E-state index is 0.117. The predicted octanol–water partition coefficient (Wildman–Crippen LogP) is 0.882.